The fourth-order valence-corrected chi connectivity index (χ4v) is 3.67. The van der Waals surface area contributed by atoms with Crippen LogP contribution in [0.25, 0.3) is 0 Å². The Morgan fingerprint density at radius 1 is 1.31 bits per heavy atom. The molecule has 7 heteroatoms. The summed E-state index contributed by atoms with van der Waals surface area (Å²) in [4.78, 5) is 10.5. The molecule has 1 aromatic carbocycles. The van der Waals surface area contributed by atoms with Crippen LogP contribution in [0.4, 0.5) is 4.39 Å². The van der Waals surface area contributed by atoms with E-state index in [4.69, 9.17) is 21.4 Å². The van der Waals surface area contributed by atoms with Crippen LogP contribution in [-0.4, -0.2) is 46.3 Å². The molecule has 0 unspecified atom stereocenters. The van der Waals surface area contributed by atoms with E-state index in [0.717, 1.165) is 0 Å². The molecule has 1 aromatic rings. The molecule has 0 radical (unpaired) electrons. The van der Waals surface area contributed by atoms with E-state index in [1.807, 2.05) is 12.2 Å². The number of hydrogen-bond donors (Lipinski definition) is 3. The summed E-state index contributed by atoms with van der Waals surface area (Å²) in [7, 11) is 0. The Labute approximate surface area is 175 Å². The third-order valence-electron chi connectivity index (χ3n) is 5.00. The first-order chi connectivity index (χ1) is 13.9. The van der Waals surface area contributed by atoms with Gasteiger partial charge in [-0.2, -0.15) is 0 Å². The maximum atomic E-state index is 14.2. The van der Waals surface area contributed by atoms with E-state index in [9.17, 15) is 19.4 Å². The molecule has 29 heavy (non-hydrogen) atoms. The number of halogens is 2. The van der Waals surface area contributed by atoms with Gasteiger partial charge in [-0.05, 0) is 43.4 Å². The smallest absolute Gasteiger partial charge is 0.303 e. The van der Waals surface area contributed by atoms with Gasteiger partial charge in [0.15, 0.2) is 6.17 Å². The second-order valence-electron chi connectivity index (χ2n) is 7.27. The standard InChI is InChI=1S/C22H28ClFO5/c23-15-6-5-7-17(12-15)29-14-16(24)10-11-19-18(20(25)13-21(19)26)8-3-1-2-4-9-22(27)28/h1,3,5-7,10-12,16,18-21,25-26H,2,4,8-9,13-14H2,(H,27,28)/b3-1-,11-10+/t16-,18+,19+,20-,21+/m0/s1. The Morgan fingerprint density at radius 3 is 2.83 bits per heavy atom. The Hall–Kier alpha value is -1.89. The monoisotopic (exact) mass is 426 g/mol. The van der Waals surface area contributed by atoms with Crippen molar-refractivity contribution < 1.29 is 29.2 Å². The summed E-state index contributed by atoms with van der Waals surface area (Å²) in [6.45, 7) is -0.170. The minimum atomic E-state index is -1.36. The molecule has 1 aliphatic rings. The van der Waals surface area contributed by atoms with Gasteiger partial charge in [0.05, 0.1) is 12.2 Å². The summed E-state index contributed by atoms with van der Waals surface area (Å²) in [5.74, 6) is -0.898. The minimum absolute atomic E-state index is 0.121. The molecule has 1 fully saturated rings. The second-order valence-corrected chi connectivity index (χ2v) is 7.71. The molecule has 0 spiro atoms. The van der Waals surface area contributed by atoms with Crippen molar-refractivity contribution in [1.29, 1.82) is 0 Å². The normalized spacial score (nSPS) is 25.7. The van der Waals surface area contributed by atoms with Crippen LogP contribution >= 0.6 is 11.6 Å². The fourth-order valence-electron chi connectivity index (χ4n) is 3.49. The van der Waals surface area contributed by atoms with Crippen molar-refractivity contribution >= 4 is 17.6 Å². The molecule has 0 aliphatic heterocycles. The van der Waals surface area contributed by atoms with Gasteiger partial charge in [-0.25, -0.2) is 4.39 Å². The molecule has 5 nitrogen and oxygen atoms in total. The van der Waals surface area contributed by atoms with Gasteiger partial charge in [-0.15, -0.1) is 0 Å². The lowest BCUT2D eigenvalue weighted by atomic mass is 9.89. The highest BCUT2D eigenvalue weighted by Crippen LogP contribution is 2.36. The van der Waals surface area contributed by atoms with Gasteiger partial charge in [0.25, 0.3) is 0 Å². The SMILES string of the molecule is O=C(O)CCC/C=C\C[C@@H]1[C@@H](/C=C/[C@H](F)COc2cccc(Cl)c2)[C@H](O)C[C@@H]1O. The van der Waals surface area contributed by atoms with Crippen molar-refractivity contribution in [3.05, 3.63) is 53.6 Å². The van der Waals surface area contributed by atoms with Crippen molar-refractivity contribution in [1.82, 2.24) is 0 Å². The second kappa shape index (κ2) is 12.0. The first-order valence-corrected chi connectivity index (χ1v) is 10.2. The van der Waals surface area contributed by atoms with Crippen LogP contribution in [0.1, 0.15) is 32.1 Å². The highest BCUT2D eigenvalue weighted by atomic mass is 35.5. The number of allylic oxidation sites excluding steroid dienone is 2. The largest absolute Gasteiger partial charge is 0.490 e. The molecule has 0 amide bonds. The van der Waals surface area contributed by atoms with E-state index in [2.05, 4.69) is 0 Å². The third kappa shape index (κ3) is 8.17. The first-order valence-electron chi connectivity index (χ1n) is 9.80. The van der Waals surface area contributed by atoms with Gasteiger partial charge < -0.3 is 20.1 Å². The molecule has 1 aliphatic carbocycles. The number of carboxylic acid groups (broad SMARTS) is 1. The Balaban J connectivity index is 1.83. The lowest BCUT2D eigenvalue weighted by molar-refractivity contribution is -0.137. The molecule has 5 atom stereocenters. The van der Waals surface area contributed by atoms with Crippen LogP contribution in [0.5, 0.6) is 5.75 Å². The molecule has 0 heterocycles. The molecule has 3 N–H and O–H groups in total. The molecular weight excluding hydrogens is 399 g/mol. The Bertz CT molecular complexity index is 708. The summed E-state index contributed by atoms with van der Waals surface area (Å²) < 4.78 is 19.6. The molecule has 0 saturated heterocycles. The number of rotatable bonds is 11. The van der Waals surface area contributed by atoms with E-state index in [1.54, 1.807) is 30.3 Å². The van der Waals surface area contributed by atoms with Gasteiger partial charge in [0.2, 0.25) is 0 Å². The van der Waals surface area contributed by atoms with Gasteiger partial charge in [0, 0.05) is 23.8 Å². The van der Waals surface area contributed by atoms with E-state index >= 15 is 0 Å². The zero-order valence-electron chi connectivity index (χ0n) is 16.2. The number of benzene rings is 1. The number of aliphatic carboxylic acids is 1. The lowest BCUT2D eigenvalue weighted by Gasteiger charge is -2.19. The van der Waals surface area contributed by atoms with Crippen molar-refractivity contribution in [2.24, 2.45) is 11.8 Å². The number of carboxylic acids is 1. The molecule has 0 aromatic heterocycles. The zero-order valence-corrected chi connectivity index (χ0v) is 16.9. The number of aliphatic hydroxyl groups excluding tert-OH is 2. The maximum absolute atomic E-state index is 14.2. The first kappa shape index (κ1) is 23.4. The number of aliphatic hydroxyl groups is 2. The topological polar surface area (TPSA) is 87.0 Å². The Morgan fingerprint density at radius 2 is 2.10 bits per heavy atom. The lowest BCUT2D eigenvalue weighted by Crippen LogP contribution is -2.20. The van der Waals surface area contributed by atoms with Crippen LogP contribution in [0.2, 0.25) is 5.02 Å². The van der Waals surface area contributed by atoms with Gasteiger partial charge in [-0.1, -0.05) is 42.0 Å². The van der Waals surface area contributed by atoms with Crippen molar-refractivity contribution in [3.63, 3.8) is 0 Å². The van der Waals surface area contributed by atoms with Crippen LogP contribution in [0.15, 0.2) is 48.6 Å². The zero-order chi connectivity index (χ0) is 21.2. The number of hydrogen-bond acceptors (Lipinski definition) is 4. The van der Waals surface area contributed by atoms with Crippen molar-refractivity contribution in [2.45, 2.75) is 50.5 Å². The minimum Gasteiger partial charge on any atom is -0.490 e. The van der Waals surface area contributed by atoms with E-state index in [0.29, 0.717) is 30.0 Å². The molecule has 1 saturated carbocycles. The van der Waals surface area contributed by atoms with E-state index in [-0.39, 0.29) is 31.3 Å². The van der Waals surface area contributed by atoms with Crippen LogP contribution in [-0.2, 0) is 4.79 Å². The number of ether oxygens (including phenoxy) is 1. The van der Waals surface area contributed by atoms with Crippen LogP contribution in [0.3, 0.4) is 0 Å². The average Bonchev–Trinajstić information content (AvgIpc) is 2.93. The van der Waals surface area contributed by atoms with E-state index in [1.165, 1.54) is 6.08 Å². The summed E-state index contributed by atoms with van der Waals surface area (Å²) in [6, 6.07) is 6.72. The predicted octanol–water partition coefficient (Wildman–Crippen LogP) is 4.17. The number of carbonyl (C=O) groups is 1. The van der Waals surface area contributed by atoms with E-state index < -0.39 is 24.3 Å². The summed E-state index contributed by atoms with van der Waals surface area (Å²) in [5.41, 5.74) is 0. The predicted molar refractivity (Wildman–Crippen MR) is 110 cm³/mol. The van der Waals surface area contributed by atoms with Gasteiger partial charge >= 0.3 is 5.97 Å². The highest BCUT2D eigenvalue weighted by molar-refractivity contribution is 6.30. The van der Waals surface area contributed by atoms with Gasteiger partial charge in [-0.3, -0.25) is 4.79 Å². The van der Waals surface area contributed by atoms with Crippen molar-refractivity contribution in [2.75, 3.05) is 6.61 Å². The molecular formula is C22H28ClFO5. The molecule has 0 bridgehead atoms. The summed E-state index contributed by atoms with van der Waals surface area (Å²) in [5, 5.41) is 29.6. The molecule has 2 rings (SSSR count). The summed E-state index contributed by atoms with van der Waals surface area (Å²) in [6.07, 6.45) is 6.13. The maximum Gasteiger partial charge on any atom is 0.303 e. The Kier molecular flexibility index (Phi) is 9.64. The molecule has 160 valence electrons. The van der Waals surface area contributed by atoms with Crippen LogP contribution < -0.4 is 4.74 Å². The number of unbranched alkanes of at least 4 members (excludes halogenated alkanes) is 1. The quantitative estimate of drug-likeness (QED) is 0.365. The van der Waals surface area contributed by atoms with Gasteiger partial charge in [0.1, 0.15) is 12.4 Å². The van der Waals surface area contributed by atoms with Crippen LogP contribution in [0, 0.1) is 11.8 Å². The number of alkyl halides is 1. The van der Waals surface area contributed by atoms with Crippen molar-refractivity contribution in [3.8, 4) is 5.75 Å². The fraction of sp³-hybridized carbons (Fsp3) is 0.500. The summed E-state index contributed by atoms with van der Waals surface area (Å²) >= 11 is 5.87. The highest BCUT2D eigenvalue weighted by Gasteiger charge is 2.39. The average molecular weight is 427 g/mol. The third-order valence-corrected chi connectivity index (χ3v) is 5.23.